The van der Waals surface area contributed by atoms with Crippen LogP contribution in [0.2, 0.25) is 0 Å². The summed E-state index contributed by atoms with van der Waals surface area (Å²) in [7, 11) is 0. The Balaban J connectivity index is 3.58. The maximum atomic E-state index is 10.8. The van der Waals surface area contributed by atoms with Crippen molar-refractivity contribution in [3.8, 4) is 5.75 Å². The van der Waals surface area contributed by atoms with Crippen molar-refractivity contribution in [1.82, 2.24) is 0 Å². The Labute approximate surface area is 153 Å². The van der Waals surface area contributed by atoms with Gasteiger partial charge in [-0.1, -0.05) is 67.5 Å². The fraction of sp³-hybridized carbons (Fsp3) is 0.667. The summed E-state index contributed by atoms with van der Waals surface area (Å²) in [6, 6.07) is 4.17. The van der Waals surface area contributed by atoms with Crippen molar-refractivity contribution in [2.75, 3.05) is 0 Å². The molecule has 0 saturated heterocycles. The summed E-state index contributed by atoms with van der Waals surface area (Å²) in [4.78, 5) is 0. The summed E-state index contributed by atoms with van der Waals surface area (Å²) in [6.45, 7) is 16.8. The second-order valence-electron chi connectivity index (χ2n) is 9.01. The highest BCUT2D eigenvalue weighted by Gasteiger charge is 2.33. The molecule has 2 N–H and O–H groups in total. The van der Waals surface area contributed by atoms with Gasteiger partial charge in [0, 0.05) is 5.41 Å². The number of phenolic OH excluding ortho intramolecular Hbond substituents is 1. The van der Waals surface area contributed by atoms with Gasteiger partial charge >= 0.3 is 0 Å². The predicted octanol–water partition coefficient (Wildman–Crippen LogP) is 6.22. The van der Waals surface area contributed by atoms with Crippen LogP contribution in [0.1, 0.15) is 84.9 Å². The maximum Gasteiger partial charge on any atom is 0.163 e. The first-order valence-electron chi connectivity index (χ1n) is 8.88. The van der Waals surface area contributed by atoms with E-state index in [9.17, 15) is 10.2 Å². The van der Waals surface area contributed by atoms with Crippen molar-refractivity contribution in [2.24, 2.45) is 5.41 Å². The van der Waals surface area contributed by atoms with Crippen molar-refractivity contribution in [3.63, 3.8) is 0 Å². The minimum absolute atomic E-state index is 0.0928. The van der Waals surface area contributed by atoms with E-state index >= 15 is 0 Å². The quantitative estimate of drug-likeness (QED) is 0.619. The third-order valence-electron chi connectivity index (χ3n) is 5.14. The number of aliphatic hydroxyl groups excluding tert-OH is 1. The van der Waals surface area contributed by atoms with Gasteiger partial charge in [-0.25, -0.2) is 0 Å². The molecule has 0 atom stereocenters. The maximum absolute atomic E-state index is 10.8. The van der Waals surface area contributed by atoms with Crippen LogP contribution < -0.4 is 0 Å². The molecule has 0 aromatic heterocycles. The third kappa shape index (κ3) is 4.30. The molecule has 1 aromatic carbocycles. The molecule has 0 aliphatic rings. The number of rotatable bonds is 5. The minimum Gasteiger partial charge on any atom is -0.507 e. The summed E-state index contributed by atoms with van der Waals surface area (Å²) in [5, 5.41) is 21.0. The highest BCUT2D eigenvalue weighted by atomic mass is 32.1. The van der Waals surface area contributed by atoms with Crippen molar-refractivity contribution in [3.05, 3.63) is 28.8 Å². The summed E-state index contributed by atoms with van der Waals surface area (Å²) in [5.74, 6) is 0.393. The van der Waals surface area contributed by atoms with Crippen LogP contribution in [0, 0.1) is 5.41 Å². The number of hydrogen-bond donors (Lipinski definition) is 2. The summed E-state index contributed by atoms with van der Waals surface area (Å²) >= 11 is 5.17. The SMILES string of the molecule is CCC(CC)(Cc1cc(C(C)(C)C)c(O)c(C(C)(C)C)c1)C(O)=S. The molecule has 0 saturated carbocycles. The van der Waals surface area contributed by atoms with Crippen molar-refractivity contribution >= 4 is 17.3 Å². The summed E-state index contributed by atoms with van der Waals surface area (Å²) in [6.07, 6.45) is 2.30. The topological polar surface area (TPSA) is 40.5 Å². The Morgan fingerprint density at radius 3 is 1.54 bits per heavy atom. The molecule has 0 unspecified atom stereocenters. The molecule has 0 heterocycles. The van der Waals surface area contributed by atoms with Crippen LogP contribution in [0.3, 0.4) is 0 Å². The van der Waals surface area contributed by atoms with Crippen LogP contribution in [-0.4, -0.2) is 15.3 Å². The van der Waals surface area contributed by atoms with Crippen LogP contribution in [-0.2, 0) is 17.3 Å². The molecular formula is C21H34O2S. The van der Waals surface area contributed by atoms with Crippen LogP contribution in [0.25, 0.3) is 0 Å². The van der Waals surface area contributed by atoms with E-state index in [1.807, 2.05) is 0 Å². The van der Waals surface area contributed by atoms with Crippen LogP contribution in [0.15, 0.2) is 12.1 Å². The first-order chi connectivity index (χ1) is 10.8. The van der Waals surface area contributed by atoms with E-state index in [0.717, 1.165) is 29.5 Å². The third-order valence-corrected chi connectivity index (χ3v) is 5.57. The van der Waals surface area contributed by atoms with Gasteiger partial charge in [-0.05, 0) is 59.0 Å². The Kier molecular flexibility index (Phi) is 6.14. The first-order valence-corrected chi connectivity index (χ1v) is 9.29. The molecular weight excluding hydrogens is 316 g/mol. The van der Waals surface area contributed by atoms with Gasteiger partial charge in [0.2, 0.25) is 0 Å². The lowest BCUT2D eigenvalue weighted by molar-refractivity contribution is 0.326. The van der Waals surface area contributed by atoms with Gasteiger partial charge in [-0.15, -0.1) is 0 Å². The lowest BCUT2D eigenvalue weighted by Gasteiger charge is -2.32. The van der Waals surface area contributed by atoms with Crippen molar-refractivity contribution in [2.45, 2.75) is 85.5 Å². The van der Waals surface area contributed by atoms with Gasteiger partial charge in [0.15, 0.2) is 5.05 Å². The van der Waals surface area contributed by atoms with Crippen LogP contribution in [0.4, 0.5) is 0 Å². The number of aliphatic hydroxyl groups is 1. The van der Waals surface area contributed by atoms with E-state index in [-0.39, 0.29) is 21.3 Å². The summed E-state index contributed by atoms with van der Waals surface area (Å²) < 4.78 is 0. The zero-order valence-electron chi connectivity index (χ0n) is 16.6. The molecule has 1 aromatic rings. The standard InChI is InChI=1S/C21H34O2S/c1-9-21(10-2,18(23)24)13-14-11-15(19(3,4)5)17(22)16(12-14)20(6,7)8/h11-12,22H,9-10,13H2,1-8H3,(H,23,24). The molecule has 0 radical (unpaired) electrons. The zero-order valence-corrected chi connectivity index (χ0v) is 17.4. The Morgan fingerprint density at radius 2 is 1.29 bits per heavy atom. The fourth-order valence-corrected chi connectivity index (χ4v) is 3.57. The lowest BCUT2D eigenvalue weighted by Crippen LogP contribution is -2.31. The van der Waals surface area contributed by atoms with Gasteiger partial charge in [0.25, 0.3) is 0 Å². The number of aromatic hydroxyl groups is 1. The Morgan fingerprint density at radius 1 is 0.917 bits per heavy atom. The van der Waals surface area contributed by atoms with Crippen LogP contribution >= 0.6 is 12.2 Å². The number of benzene rings is 1. The van der Waals surface area contributed by atoms with Gasteiger partial charge in [0.1, 0.15) is 5.75 Å². The average molecular weight is 351 g/mol. The number of phenols is 1. The molecule has 0 aliphatic carbocycles. The average Bonchev–Trinajstić information content (AvgIpc) is 2.43. The Hall–Kier alpha value is -1.09. The highest BCUT2D eigenvalue weighted by molar-refractivity contribution is 7.80. The van der Waals surface area contributed by atoms with Crippen molar-refractivity contribution < 1.29 is 10.2 Å². The van der Waals surface area contributed by atoms with Gasteiger partial charge in [-0.3, -0.25) is 0 Å². The predicted molar refractivity (Wildman–Crippen MR) is 107 cm³/mol. The monoisotopic (exact) mass is 350 g/mol. The smallest absolute Gasteiger partial charge is 0.163 e. The van der Waals surface area contributed by atoms with E-state index in [4.69, 9.17) is 12.2 Å². The molecule has 2 nitrogen and oxygen atoms in total. The van der Waals surface area contributed by atoms with E-state index in [1.54, 1.807) is 0 Å². The van der Waals surface area contributed by atoms with Crippen molar-refractivity contribution in [1.29, 1.82) is 0 Å². The zero-order chi connectivity index (χ0) is 18.9. The van der Waals surface area contributed by atoms with E-state index in [1.165, 1.54) is 0 Å². The minimum atomic E-state index is -0.378. The largest absolute Gasteiger partial charge is 0.507 e. The molecule has 24 heavy (non-hydrogen) atoms. The first kappa shape index (κ1) is 21.0. The van der Waals surface area contributed by atoms with E-state index in [2.05, 4.69) is 67.5 Å². The fourth-order valence-electron chi connectivity index (χ4n) is 3.21. The lowest BCUT2D eigenvalue weighted by atomic mass is 9.74. The number of hydrogen-bond acceptors (Lipinski definition) is 2. The molecule has 3 heteroatoms. The van der Waals surface area contributed by atoms with Crippen LogP contribution in [0.5, 0.6) is 5.75 Å². The highest BCUT2D eigenvalue weighted by Crippen LogP contribution is 2.42. The molecule has 0 amide bonds. The molecule has 0 spiro atoms. The number of thiocarbonyl (C=S) groups is 1. The van der Waals surface area contributed by atoms with Gasteiger partial charge in [-0.2, -0.15) is 0 Å². The normalized spacial score (nSPS) is 13.2. The Bertz CT molecular complexity index is 564. The van der Waals surface area contributed by atoms with E-state index < -0.39 is 0 Å². The summed E-state index contributed by atoms with van der Waals surface area (Å²) in [5.41, 5.74) is 2.35. The molecule has 0 aliphatic heterocycles. The van der Waals surface area contributed by atoms with E-state index in [0.29, 0.717) is 12.2 Å². The van der Waals surface area contributed by atoms with Gasteiger partial charge < -0.3 is 10.2 Å². The second-order valence-corrected chi connectivity index (χ2v) is 9.40. The second kappa shape index (κ2) is 7.03. The molecule has 136 valence electrons. The molecule has 0 fully saturated rings. The molecule has 1 rings (SSSR count). The van der Waals surface area contributed by atoms with Gasteiger partial charge in [0.05, 0.1) is 0 Å². The molecule has 0 bridgehead atoms.